The van der Waals surface area contributed by atoms with E-state index in [-0.39, 0.29) is 0 Å². The van der Waals surface area contributed by atoms with Crippen molar-refractivity contribution in [3.63, 3.8) is 0 Å². The number of hydrogen-bond acceptors (Lipinski definition) is 3. The molecule has 0 fully saturated rings. The minimum atomic E-state index is 0.716. The van der Waals surface area contributed by atoms with Crippen LogP contribution >= 0.6 is 0 Å². The molecule has 110 valence electrons. The molecular formula is C17H22N4. The Hall–Kier alpha value is -2.12. The lowest BCUT2D eigenvalue weighted by Gasteiger charge is -2.17. The molecule has 0 atom stereocenters. The third kappa shape index (κ3) is 3.93. The van der Waals surface area contributed by atoms with E-state index in [4.69, 9.17) is 5.26 Å². The molecule has 0 saturated carbocycles. The van der Waals surface area contributed by atoms with Gasteiger partial charge in [-0.3, -0.25) is 9.58 Å². The average molecular weight is 282 g/mol. The first-order chi connectivity index (χ1) is 10.2. The lowest BCUT2D eigenvalue weighted by Crippen LogP contribution is -2.19. The second-order valence-corrected chi connectivity index (χ2v) is 5.28. The molecule has 0 saturated heterocycles. The lowest BCUT2D eigenvalue weighted by atomic mass is 10.1. The molecule has 1 aromatic carbocycles. The molecule has 1 heterocycles. The summed E-state index contributed by atoms with van der Waals surface area (Å²) in [6, 6.07) is 12.2. The molecule has 21 heavy (non-hydrogen) atoms. The van der Waals surface area contributed by atoms with Crippen molar-refractivity contribution in [2.75, 3.05) is 7.05 Å². The highest BCUT2D eigenvalue weighted by molar-refractivity contribution is 5.32. The maximum Gasteiger partial charge on any atom is 0.0991 e. The maximum atomic E-state index is 8.95. The van der Waals surface area contributed by atoms with Crippen LogP contribution in [0.25, 0.3) is 0 Å². The van der Waals surface area contributed by atoms with E-state index in [0.29, 0.717) is 5.56 Å². The fourth-order valence-electron chi connectivity index (χ4n) is 2.47. The van der Waals surface area contributed by atoms with Gasteiger partial charge in [0.2, 0.25) is 0 Å². The van der Waals surface area contributed by atoms with Crippen molar-refractivity contribution in [2.24, 2.45) is 0 Å². The summed E-state index contributed by atoms with van der Waals surface area (Å²) in [4.78, 5) is 2.25. The monoisotopic (exact) mass is 282 g/mol. The summed E-state index contributed by atoms with van der Waals surface area (Å²) in [6.07, 6.45) is 0.966. The predicted octanol–water partition coefficient (Wildman–Crippen LogP) is 2.97. The van der Waals surface area contributed by atoms with E-state index in [1.807, 2.05) is 18.2 Å². The van der Waals surface area contributed by atoms with E-state index in [1.54, 1.807) is 0 Å². The molecule has 0 N–H and O–H groups in total. The third-order valence-corrected chi connectivity index (χ3v) is 3.52. The molecule has 1 aromatic heterocycles. The van der Waals surface area contributed by atoms with E-state index in [9.17, 15) is 0 Å². The molecule has 0 amide bonds. The van der Waals surface area contributed by atoms with Crippen molar-refractivity contribution in [3.8, 4) is 6.07 Å². The van der Waals surface area contributed by atoms with Gasteiger partial charge in [0.15, 0.2) is 0 Å². The smallest absolute Gasteiger partial charge is 0.0991 e. The van der Waals surface area contributed by atoms with Crippen LogP contribution in [0.2, 0.25) is 0 Å². The van der Waals surface area contributed by atoms with Gasteiger partial charge in [-0.15, -0.1) is 0 Å². The van der Waals surface area contributed by atoms with Crippen molar-refractivity contribution in [2.45, 2.75) is 39.9 Å². The summed E-state index contributed by atoms with van der Waals surface area (Å²) in [5.41, 5.74) is 4.27. The van der Waals surface area contributed by atoms with Gasteiger partial charge in [-0.1, -0.05) is 19.1 Å². The fourth-order valence-corrected chi connectivity index (χ4v) is 2.47. The summed E-state index contributed by atoms with van der Waals surface area (Å²) < 4.78 is 2.07. The number of hydrogen-bond donors (Lipinski definition) is 0. The number of aryl methyl sites for hydroxylation is 2. The van der Waals surface area contributed by atoms with E-state index in [2.05, 4.69) is 53.8 Å². The van der Waals surface area contributed by atoms with Crippen molar-refractivity contribution >= 4 is 0 Å². The van der Waals surface area contributed by atoms with Crippen LogP contribution in [0.3, 0.4) is 0 Å². The van der Waals surface area contributed by atoms with E-state index >= 15 is 0 Å². The van der Waals surface area contributed by atoms with Gasteiger partial charge in [0.25, 0.3) is 0 Å². The Labute approximate surface area is 126 Å². The van der Waals surface area contributed by atoms with Crippen LogP contribution in [0.4, 0.5) is 0 Å². The van der Waals surface area contributed by atoms with Crippen molar-refractivity contribution in [1.29, 1.82) is 5.26 Å². The quantitative estimate of drug-likeness (QED) is 0.818. The number of benzene rings is 1. The zero-order valence-corrected chi connectivity index (χ0v) is 13.0. The Kier molecular flexibility index (Phi) is 5.13. The molecule has 4 nitrogen and oxygen atoms in total. The molecular weight excluding hydrogens is 260 g/mol. The SMILES string of the molecule is CCc1cc(CN(C)Cc2cccc(C#N)c2)n(CC)n1. The molecule has 0 aliphatic heterocycles. The highest BCUT2D eigenvalue weighted by Crippen LogP contribution is 2.12. The van der Waals surface area contributed by atoms with Gasteiger partial charge < -0.3 is 0 Å². The van der Waals surface area contributed by atoms with E-state index in [0.717, 1.165) is 37.3 Å². The summed E-state index contributed by atoms with van der Waals surface area (Å²) in [5.74, 6) is 0. The van der Waals surface area contributed by atoms with Gasteiger partial charge >= 0.3 is 0 Å². The number of nitriles is 1. The number of nitrogens with zero attached hydrogens (tertiary/aromatic N) is 4. The molecule has 0 unspecified atom stereocenters. The second kappa shape index (κ2) is 7.05. The lowest BCUT2D eigenvalue weighted by molar-refractivity contribution is 0.307. The molecule has 4 heteroatoms. The minimum Gasteiger partial charge on any atom is -0.296 e. The Morgan fingerprint density at radius 3 is 2.71 bits per heavy atom. The largest absolute Gasteiger partial charge is 0.296 e. The van der Waals surface area contributed by atoms with Crippen LogP contribution in [0.5, 0.6) is 0 Å². The Morgan fingerprint density at radius 2 is 2.05 bits per heavy atom. The first-order valence-corrected chi connectivity index (χ1v) is 7.39. The standard InChI is InChI=1S/C17H22N4/c1-4-16-10-17(21(5-2)19-16)13-20(3)12-15-8-6-7-14(9-15)11-18/h6-10H,4-5,12-13H2,1-3H3. The molecule has 0 radical (unpaired) electrons. The second-order valence-electron chi connectivity index (χ2n) is 5.28. The first kappa shape index (κ1) is 15.3. The Morgan fingerprint density at radius 1 is 1.24 bits per heavy atom. The van der Waals surface area contributed by atoms with Crippen LogP contribution in [-0.2, 0) is 26.1 Å². The summed E-state index contributed by atoms with van der Waals surface area (Å²) in [5, 5.41) is 13.5. The number of aromatic nitrogens is 2. The van der Waals surface area contributed by atoms with Crippen LogP contribution in [0.15, 0.2) is 30.3 Å². The topological polar surface area (TPSA) is 44.9 Å². The zero-order chi connectivity index (χ0) is 15.2. The molecule has 2 rings (SSSR count). The Balaban J connectivity index is 2.06. The van der Waals surface area contributed by atoms with Crippen molar-refractivity contribution in [3.05, 3.63) is 52.8 Å². The Bertz CT molecular complexity index is 636. The number of rotatable bonds is 6. The highest BCUT2D eigenvalue weighted by Gasteiger charge is 2.09. The molecule has 0 aliphatic carbocycles. The van der Waals surface area contributed by atoms with Gasteiger partial charge in [0.1, 0.15) is 0 Å². The van der Waals surface area contributed by atoms with Gasteiger partial charge in [-0.25, -0.2) is 0 Å². The van der Waals surface area contributed by atoms with Gasteiger partial charge in [0.05, 0.1) is 23.0 Å². The fraction of sp³-hybridized carbons (Fsp3) is 0.412. The van der Waals surface area contributed by atoms with Gasteiger partial charge in [-0.05, 0) is 44.2 Å². The first-order valence-electron chi connectivity index (χ1n) is 7.39. The van der Waals surface area contributed by atoms with Crippen molar-refractivity contribution in [1.82, 2.24) is 14.7 Å². The van der Waals surface area contributed by atoms with Crippen molar-refractivity contribution < 1.29 is 0 Å². The van der Waals surface area contributed by atoms with E-state index in [1.165, 1.54) is 5.69 Å². The molecule has 0 aliphatic rings. The van der Waals surface area contributed by atoms with Crippen LogP contribution in [0, 0.1) is 11.3 Å². The highest BCUT2D eigenvalue weighted by atomic mass is 15.3. The third-order valence-electron chi connectivity index (χ3n) is 3.52. The molecule has 0 bridgehead atoms. The summed E-state index contributed by atoms with van der Waals surface area (Å²) in [7, 11) is 2.09. The summed E-state index contributed by atoms with van der Waals surface area (Å²) in [6.45, 7) is 6.83. The predicted molar refractivity (Wildman–Crippen MR) is 83.6 cm³/mol. The molecule has 2 aromatic rings. The minimum absolute atomic E-state index is 0.716. The average Bonchev–Trinajstić information content (AvgIpc) is 2.89. The van der Waals surface area contributed by atoms with Gasteiger partial charge in [-0.2, -0.15) is 10.4 Å². The molecule has 0 spiro atoms. The van der Waals surface area contributed by atoms with Crippen LogP contribution in [0.1, 0.15) is 36.4 Å². The van der Waals surface area contributed by atoms with Crippen LogP contribution < -0.4 is 0 Å². The normalized spacial score (nSPS) is 10.8. The summed E-state index contributed by atoms with van der Waals surface area (Å²) >= 11 is 0. The maximum absolute atomic E-state index is 8.95. The van der Waals surface area contributed by atoms with Gasteiger partial charge in [0, 0.05) is 19.6 Å². The zero-order valence-electron chi connectivity index (χ0n) is 13.0. The van der Waals surface area contributed by atoms with Crippen LogP contribution in [-0.4, -0.2) is 21.7 Å². The van der Waals surface area contributed by atoms with E-state index < -0.39 is 0 Å².